The van der Waals surface area contributed by atoms with Crippen molar-refractivity contribution >= 4 is 29.3 Å². The number of hydrogen-bond acceptors (Lipinski definition) is 5. The number of nitrogens with zero attached hydrogens (tertiary/aromatic N) is 1. The highest BCUT2D eigenvalue weighted by molar-refractivity contribution is 5.94. The molecule has 1 amide bonds. The third kappa shape index (κ3) is 5.91. The van der Waals surface area contributed by atoms with Crippen molar-refractivity contribution in [1.29, 1.82) is 0 Å². The van der Waals surface area contributed by atoms with Gasteiger partial charge in [0.2, 0.25) is 0 Å². The maximum atomic E-state index is 11.7. The first-order chi connectivity index (χ1) is 11.9. The average molecular weight is 340 g/mol. The first kappa shape index (κ1) is 17.9. The highest BCUT2D eigenvalue weighted by Gasteiger charge is 2.09. The number of nitro groups is 1. The third-order valence-electron chi connectivity index (χ3n) is 3.18. The fraction of sp³-hybridized carbons (Fsp3) is 0.111. The summed E-state index contributed by atoms with van der Waals surface area (Å²) in [4.78, 5) is 33.4. The maximum Gasteiger partial charge on any atom is 0.331 e. The van der Waals surface area contributed by atoms with Gasteiger partial charge in [0, 0.05) is 23.9 Å². The van der Waals surface area contributed by atoms with Gasteiger partial charge in [0.05, 0.1) is 4.92 Å². The topological polar surface area (TPSA) is 98.5 Å². The Labute approximate surface area is 144 Å². The number of benzene rings is 2. The molecule has 0 radical (unpaired) electrons. The number of non-ortho nitro benzene ring substituents is 1. The van der Waals surface area contributed by atoms with E-state index in [0.717, 1.165) is 11.1 Å². The fourth-order valence-electron chi connectivity index (χ4n) is 1.92. The van der Waals surface area contributed by atoms with Gasteiger partial charge in [-0.3, -0.25) is 14.9 Å². The fourth-order valence-corrected chi connectivity index (χ4v) is 1.92. The van der Waals surface area contributed by atoms with Gasteiger partial charge in [0.1, 0.15) is 0 Å². The molecule has 7 heteroatoms. The Balaban J connectivity index is 1.83. The number of carbonyl (C=O) groups excluding carboxylic acids is 2. The minimum Gasteiger partial charge on any atom is -0.452 e. The molecule has 0 bridgehead atoms. The molecule has 0 aliphatic heterocycles. The van der Waals surface area contributed by atoms with Crippen LogP contribution in [0.5, 0.6) is 0 Å². The summed E-state index contributed by atoms with van der Waals surface area (Å²) in [6, 6.07) is 13.0. The normalized spacial score (nSPS) is 10.4. The number of ether oxygens (including phenoxy) is 1. The molecule has 0 spiro atoms. The number of nitro benzene ring substituents is 1. The maximum absolute atomic E-state index is 11.7. The summed E-state index contributed by atoms with van der Waals surface area (Å²) < 4.78 is 4.83. The van der Waals surface area contributed by atoms with E-state index in [4.69, 9.17) is 4.74 Å². The summed E-state index contributed by atoms with van der Waals surface area (Å²) in [6.45, 7) is 1.47. The van der Waals surface area contributed by atoms with Crippen LogP contribution in [0.4, 0.5) is 11.4 Å². The van der Waals surface area contributed by atoms with Crippen molar-refractivity contribution in [3.05, 3.63) is 75.8 Å². The number of esters is 1. The Kier molecular flexibility index (Phi) is 6.00. The monoisotopic (exact) mass is 340 g/mol. The van der Waals surface area contributed by atoms with E-state index in [1.54, 1.807) is 6.08 Å². The zero-order valence-corrected chi connectivity index (χ0v) is 13.5. The van der Waals surface area contributed by atoms with Crippen LogP contribution >= 0.6 is 0 Å². The molecule has 7 nitrogen and oxygen atoms in total. The molecule has 0 atom stereocenters. The van der Waals surface area contributed by atoms with Crippen LogP contribution in [0.15, 0.2) is 54.6 Å². The molecule has 1 N–H and O–H groups in total. The third-order valence-corrected chi connectivity index (χ3v) is 3.18. The van der Waals surface area contributed by atoms with E-state index in [2.05, 4.69) is 5.32 Å². The molecule has 25 heavy (non-hydrogen) atoms. The molecule has 0 heterocycles. The van der Waals surface area contributed by atoms with Crippen LogP contribution in [-0.4, -0.2) is 23.4 Å². The van der Waals surface area contributed by atoms with E-state index in [1.807, 2.05) is 31.2 Å². The number of carbonyl (C=O) groups is 2. The zero-order chi connectivity index (χ0) is 18.2. The van der Waals surface area contributed by atoms with Crippen molar-refractivity contribution < 1.29 is 19.2 Å². The first-order valence-corrected chi connectivity index (χ1v) is 7.40. The summed E-state index contributed by atoms with van der Waals surface area (Å²) in [5, 5.41) is 13.1. The second-order valence-corrected chi connectivity index (χ2v) is 5.21. The van der Waals surface area contributed by atoms with Gasteiger partial charge in [-0.25, -0.2) is 4.79 Å². The minimum atomic E-state index is -0.658. The number of rotatable bonds is 6. The number of hydrogen-bond donors (Lipinski definition) is 1. The van der Waals surface area contributed by atoms with E-state index in [0.29, 0.717) is 0 Å². The summed E-state index contributed by atoms with van der Waals surface area (Å²) in [5.74, 6) is -1.24. The lowest BCUT2D eigenvalue weighted by atomic mass is 10.1. The lowest BCUT2D eigenvalue weighted by Crippen LogP contribution is -2.20. The van der Waals surface area contributed by atoms with Crippen LogP contribution in [-0.2, 0) is 14.3 Å². The predicted molar refractivity (Wildman–Crippen MR) is 92.9 cm³/mol. The highest BCUT2D eigenvalue weighted by atomic mass is 16.6. The van der Waals surface area contributed by atoms with Gasteiger partial charge in [-0.15, -0.1) is 0 Å². The molecule has 0 aromatic heterocycles. The van der Waals surface area contributed by atoms with Crippen molar-refractivity contribution in [3.8, 4) is 0 Å². The summed E-state index contributed by atoms with van der Waals surface area (Å²) in [7, 11) is 0. The molecule has 0 saturated carbocycles. The van der Waals surface area contributed by atoms with E-state index in [1.165, 1.54) is 30.3 Å². The Morgan fingerprint density at radius 3 is 2.60 bits per heavy atom. The van der Waals surface area contributed by atoms with E-state index < -0.39 is 23.4 Å². The van der Waals surface area contributed by atoms with Crippen molar-refractivity contribution in [2.45, 2.75) is 6.92 Å². The SMILES string of the molecule is Cc1ccc(/C=C/C(=O)OCC(=O)Nc2cccc([N+](=O)[O-])c2)cc1. The number of aryl methyl sites for hydroxylation is 1. The van der Waals surface area contributed by atoms with Crippen LogP contribution in [0.2, 0.25) is 0 Å². The van der Waals surface area contributed by atoms with Crippen LogP contribution in [0.25, 0.3) is 6.08 Å². The standard InChI is InChI=1S/C18H16N2O5/c1-13-5-7-14(8-6-13)9-10-18(22)25-12-17(21)19-15-3-2-4-16(11-15)20(23)24/h2-11H,12H2,1H3,(H,19,21)/b10-9+. The lowest BCUT2D eigenvalue weighted by molar-refractivity contribution is -0.384. The van der Waals surface area contributed by atoms with Crippen molar-refractivity contribution in [3.63, 3.8) is 0 Å². The molecule has 0 unspecified atom stereocenters. The highest BCUT2D eigenvalue weighted by Crippen LogP contribution is 2.16. The number of amides is 1. The van der Waals surface area contributed by atoms with Crippen LogP contribution in [0, 0.1) is 17.0 Å². The zero-order valence-electron chi connectivity index (χ0n) is 13.5. The Morgan fingerprint density at radius 2 is 1.92 bits per heavy atom. The quantitative estimate of drug-likeness (QED) is 0.377. The molecular weight excluding hydrogens is 324 g/mol. The van der Waals surface area contributed by atoms with Crippen LogP contribution in [0.1, 0.15) is 11.1 Å². The van der Waals surface area contributed by atoms with Gasteiger partial charge in [-0.2, -0.15) is 0 Å². The van der Waals surface area contributed by atoms with Crippen molar-refractivity contribution in [1.82, 2.24) is 0 Å². The Hall–Kier alpha value is -3.48. The second kappa shape index (κ2) is 8.39. The molecule has 0 aliphatic rings. The summed E-state index contributed by atoms with van der Waals surface area (Å²) in [5.41, 5.74) is 2.06. The number of nitrogens with one attached hydrogen (secondary N) is 1. The minimum absolute atomic E-state index is 0.143. The second-order valence-electron chi connectivity index (χ2n) is 5.21. The molecular formula is C18H16N2O5. The van der Waals surface area contributed by atoms with Crippen molar-refractivity contribution in [2.24, 2.45) is 0 Å². The van der Waals surface area contributed by atoms with E-state index in [-0.39, 0.29) is 11.4 Å². The van der Waals surface area contributed by atoms with E-state index >= 15 is 0 Å². The Bertz CT molecular complexity index is 812. The first-order valence-electron chi connectivity index (χ1n) is 7.40. The molecule has 0 fully saturated rings. The largest absolute Gasteiger partial charge is 0.452 e. The van der Waals surface area contributed by atoms with Gasteiger partial charge in [-0.05, 0) is 24.6 Å². The van der Waals surface area contributed by atoms with Crippen LogP contribution < -0.4 is 5.32 Å². The average Bonchev–Trinajstić information content (AvgIpc) is 2.59. The summed E-state index contributed by atoms with van der Waals surface area (Å²) in [6.07, 6.45) is 2.81. The van der Waals surface area contributed by atoms with E-state index in [9.17, 15) is 19.7 Å². The molecule has 2 aromatic carbocycles. The van der Waals surface area contributed by atoms with Crippen LogP contribution in [0.3, 0.4) is 0 Å². The molecule has 2 rings (SSSR count). The summed E-state index contributed by atoms with van der Waals surface area (Å²) >= 11 is 0. The van der Waals surface area contributed by atoms with Gasteiger partial charge < -0.3 is 10.1 Å². The lowest BCUT2D eigenvalue weighted by Gasteiger charge is -2.05. The van der Waals surface area contributed by atoms with Gasteiger partial charge in [0.25, 0.3) is 11.6 Å². The van der Waals surface area contributed by atoms with Gasteiger partial charge in [0.15, 0.2) is 6.61 Å². The van der Waals surface area contributed by atoms with Crippen molar-refractivity contribution in [2.75, 3.05) is 11.9 Å². The van der Waals surface area contributed by atoms with Gasteiger partial charge >= 0.3 is 5.97 Å². The molecule has 0 saturated heterocycles. The smallest absolute Gasteiger partial charge is 0.331 e. The molecule has 0 aliphatic carbocycles. The number of anilines is 1. The Morgan fingerprint density at radius 1 is 1.20 bits per heavy atom. The predicted octanol–water partition coefficient (Wildman–Crippen LogP) is 3.10. The molecule has 2 aromatic rings. The van der Waals surface area contributed by atoms with Gasteiger partial charge in [-0.1, -0.05) is 35.9 Å². The molecule has 128 valence electrons.